The SMILES string of the molecule is Cc1cccc(CC(NN)c2cc3c(s2)CCC3)c1. The first-order valence-corrected chi connectivity index (χ1v) is 7.71. The summed E-state index contributed by atoms with van der Waals surface area (Å²) < 4.78 is 0. The van der Waals surface area contributed by atoms with Gasteiger partial charge in [-0.2, -0.15) is 0 Å². The second-order valence-corrected chi connectivity index (χ2v) is 6.53. The third-order valence-corrected chi connectivity index (χ3v) is 5.18. The average Bonchev–Trinajstić information content (AvgIpc) is 2.96. The number of nitrogens with one attached hydrogen (secondary N) is 1. The zero-order valence-corrected chi connectivity index (χ0v) is 12.1. The van der Waals surface area contributed by atoms with Crippen LogP contribution in [0.15, 0.2) is 30.3 Å². The monoisotopic (exact) mass is 272 g/mol. The van der Waals surface area contributed by atoms with Crippen molar-refractivity contribution in [2.24, 2.45) is 5.84 Å². The average molecular weight is 272 g/mol. The summed E-state index contributed by atoms with van der Waals surface area (Å²) in [6.07, 6.45) is 4.77. The van der Waals surface area contributed by atoms with Crippen LogP contribution in [0, 0.1) is 6.92 Å². The molecule has 0 saturated heterocycles. The van der Waals surface area contributed by atoms with Gasteiger partial charge in [-0.3, -0.25) is 11.3 Å². The maximum atomic E-state index is 5.77. The van der Waals surface area contributed by atoms with Crippen LogP contribution in [0.3, 0.4) is 0 Å². The zero-order valence-electron chi connectivity index (χ0n) is 11.3. The van der Waals surface area contributed by atoms with Crippen molar-refractivity contribution >= 4 is 11.3 Å². The molecule has 19 heavy (non-hydrogen) atoms. The predicted molar refractivity (Wildman–Crippen MR) is 81.3 cm³/mol. The molecule has 2 aromatic rings. The summed E-state index contributed by atoms with van der Waals surface area (Å²) in [6, 6.07) is 11.3. The van der Waals surface area contributed by atoms with E-state index in [-0.39, 0.29) is 6.04 Å². The lowest BCUT2D eigenvalue weighted by molar-refractivity contribution is 0.560. The van der Waals surface area contributed by atoms with Crippen LogP contribution < -0.4 is 11.3 Å². The summed E-state index contributed by atoms with van der Waals surface area (Å²) >= 11 is 1.94. The normalized spacial score (nSPS) is 15.5. The van der Waals surface area contributed by atoms with E-state index in [0.717, 1.165) is 6.42 Å². The van der Waals surface area contributed by atoms with Crippen molar-refractivity contribution in [2.75, 3.05) is 0 Å². The largest absolute Gasteiger partial charge is 0.271 e. The van der Waals surface area contributed by atoms with Crippen molar-refractivity contribution in [1.29, 1.82) is 0 Å². The molecule has 100 valence electrons. The summed E-state index contributed by atoms with van der Waals surface area (Å²) in [4.78, 5) is 2.95. The van der Waals surface area contributed by atoms with E-state index in [0.29, 0.717) is 0 Å². The Labute approximate surface area is 118 Å². The van der Waals surface area contributed by atoms with Gasteiger partial charge in [0.2, 0.25) is 0 Å². The molecule has 0 radical (unpaired) electrons. The number of benzene rings is 1. The van der Waals surface area contributed by atoms with Crippen molar-refractivity contribution in [3.63, 3.8) is 0 Å². The van der Waals surface area contributed by atoms with E-state index >= 15 is 0 Å². The van der Waals surface area contributed by atoms with Gasteiger partial charge in [0.15, 0.2) is 0 Å². The molecule has 1 heterocycles. The molecule has 2 nitrogen and oxygen atoms in total. The fourth-order valence-electron chi connectivity index (χ4n) is 2.84. The first-order valence-electron chi connectivity index (χ1n) is 6.89. The van der Waals surface area contributed by atoms with Crippen molar-refractivity contribution < 1.29 is 0 Å². The minimum atomic E-state index is 0.234. The van der Waals surface area contributed by atoms with E-state index in [9.17, 15) is 0 Å². The molecule has 1 aliphatic carbocycles. The van der Waals surface area contributed by atoms with Crippen LogP contribution in [-0.2, 0) is 19.3 Å². The van der Waals surface area contributed by atoms with E-state index in [1.165, 1.54) is 35.3 Å². The maximum absolute atomic E-state index is 5.77. The zero-order chi connectivity index (χ0) is 13.2. The second kappa shape index (κ2) is 5.45. The van der Waals surface area contributed by atoms with Crippen LogP contribution in [-0.4, -0.2) is 0 Å². The van der Waals surface area contributed by atoms with Crippen LogP contribution in [0.4, 0.5) is 0 Å². The Morgan fingerprint density at radius 3 is 2.95 bits per heavy atom. The van der Waals surface area contributed by atoms with Crippen molar-refractivity contribution in [2.45, 2.75) is 38.6 Å². The lowest BCUT2D eigenvalue weighted by Crippen LogP contribution is -2.29. The molecule has 3 N–H and O–H groups in total. The molecule has 0 saturated carbocycles. The van der Waals surface area contributed by atoms with Crippen LogP contribution in [0.25, 0.3) is 0 Å². The van der Waals surface area contributed by atoms with Gasteiger partial charge >= 0.3 is 0 Å². The highest BCUT2D eigenvalue weighted by Crippen LogP contribution is 2.34. The third kappa shape index (κ3) is 2.73. The number of hydrogen-bond acceptors (Lipinski definition) is 3. The highest BCUT2D eigenvalue weighted by Gasteiger charge is 2.19. The third-order valence-electron chi connectivity index (χ3n) is 3.83. The van der Waals surface area contributed by atoms with Crippen LogP contribution in [0.5, 0.6) is 0 Å². The Bertz CT molecular complexity index is 552. The number of thiophene rings is 1. The molecule has 1 aromatic carbocycles. The molecule has 0 aliphatic heterocycles. The second-order valence-electron chi connectivity index (χ2n) is 5.36. The molecule has 0 spiro atoms. The highest BCUT2D eigenvalue weighted by molar-refractivity contribution is 7.12. The van der Waals surface area contributed by atoms with Gasteiger partial charge in [-0.05, 0) is 49.8 Å². The number of aryl methyl sites for hydroxylation is 3. The number of hydrogen-bond donors (Lipinski definition) is 2. The summed E-state index contributed by atoms with van der Waals surface area (Å²) in [6.45, 7) is 2.13. The molecule has 1 aliphatic rings. The smallest absolute Gasteiger partial charge is 0.0593 e. The van der Waals surface area contributed by atoms with Gasteiger partial charge in [0.25, 0.3) is 0 Å². The lowest BCUT2D eigenvalue weighted by Gasteiger charge is -2.14. The quantitative estimate of drug-likeness (QED) is 0.662. The van der Waals surface area contributed by atoms with Gasteiger partial charge in [0, 0.05) is 9.75 Å². The summed E-state index contributed by atoms with van der Waals surface area (Å²) in [5, 5.41) is 0. The minimum absolute atomic E-state index is 0.234. The van der Waals surface area contributed by atoms with E-state index in [4.69, 9.17) is 5.84 Å². The summed E-state index contributed by atoms with van der Waals surface area (Å²) in [5.74, 6) is 5.77. The van der Waals surface area contributed by atoms with Crippen molar-refractivity contribution in [1.82, 2.24) is 5.43 Å². The van der Waals surface area contributed by atoms with Crippen molar-refractivity contribution in [3.8, 4) is 0 Å². The molecule has 3 heteroatoms. The molecule has 1 aromatic heterocycles. The van der Waals surface area contributed by atoms with E-state index in [1.54, 1.807) is 10.4 Å². The van der Waals surface area contributed by atoms with Gasteiger partial charge in [-0.15, -0.1) is 11.3 Å². The van der Waals surface area contributed by atoms with E-state index in [1.807, 2.05) is 11.3 Å². The predicted octanol–water partition coefficient (Wildman–Crippen LogP) is 3.29. The highest BCUT2D eigenvalue weighted by atomic mass is 32.1. The van der Waals surface area contributed by atoms with Gasteiger partial charge < -0.3 is 0 Å². The standard InChI is InChI=1S/C16H20N2S/c1-11-4-2-5-12(8-11)9-14(18-17)16-10-13-6-3-7-15(13)19-16/h2,4-5,8,10,14,18H,3,6-7,9,17H2,1H3. The summed E-state index contributed by atoms with van der Waals surface area (Å²) in [5.41, 5.74) is 7.18. The van der Waals surface area contributed by atoms with Gasteiger partial charge in [-0.25, -0.2) is 0 Å². The number of fused-ring (bicyclic) bond motifs is 1. The lowest BCUT2D eigenvalue weighted by atomic mass is 10.0. The molecular weight excluding hydrogens is 252 g/mol. The molecule has 3 rings (SSSR count). The van der Waals surface area contributed by atoms with E-state index < -0.39 is 0 Å². The van der Waals surface area contributed by atoms with E-state index in [2.05, 4.69) is 42.7 Å². The maximum Gasteiger partial charge on any atom is 0.0593 e. The fraction of sp³-hybridized carbons (Fsp3) is 0.375. The molecule has 1 unspecified atom stereocenters. The van der Waals surface area contributed by atoms with Crippen molar-refractivity contribution in [3.05, 3.63) is 56.8 Å². The molecule has 0 amide bonds. The Hall–Kier alpha value is -1.16. The van der Waals surface area contributed by atoms with Crippen LogP contribution in [0.2, 0.25) is 0 Å². The summed E-state index contributed by atoms with van der Waals surface area (Å²) in [7, 11) is 0. The van der Waals surface area contributed by atoms with Gasteiger partial charge in [0.1, 0.15) is 0 Å². The fourth-order valence-corrected chi connectivity index (χ4v) is 4.16. The topological polar surface area (TPSA) is 38.0 Å². The molecular formula is C16H20N2S. The number of rotatable bonds is 4. The first kappa shape index (κ1) is 12.9. The number of nitrogens with two attached hydrogens (primary N) is 1. The van der Waals surface area contributed by atoms with Crippen LogP contribution >= 0.6 is 11.3 Å². The molecule has 0 fully saturated rings. The first-order chi connectivity index (χ1) is 9.26. The van der Waals surface area contributed by atoms with Gasteiger partial charge in [0.05, 0.1) is 6.04 Å². The minimum Gasteiger partial charge on any atom is -0.271 e. The van der Waals surface area contributed by atoms with Gasteiger partial charge in [-0.1, -0.05) is 29.8 Å². The number of hydrazine groups is 1. The Balaban J connectivity index is 1.80. The van der Waals surface area contributed by atoms with Crippen LogP contribution in [0.1, 0.15) is 38.9 Å². The molecule has 1 atom stereocenters. The Morgan fingerprint density at radius 1 is 1.32 bits per heavy atom. The molecule has 0 bridgehead atoms. The Morgan fingerprint density at radius 2 is 2.21 bits per heavy atom. The Kier molecular flexibility index (Phi) is 3.69.